The van der Waals surface area contributed by atoms with Gasteiger partial charge < -0.3 is 5.11 Å². The van der Waals surface area contributed by atoms with E-state index >= 15 is 0 Å². The molecule has 0 spiro atoms. The maximum Gasteiger partial charge on any atom is 0.100 e. The molecule has 0 aliphatic carbocycles. The quantitative estimate of drug-likeness (QED) is 0.640. The molecule has 0 radical (unpaired) electrons. The zero-order chi connectivity index (χ0) is 8.27. The summed E-state index contributed by atoms with van der Waals surface area (Å²) in [5.74, 6) is 0. The summed E-state index contributed by atoms with van der Waals surface area (Å²) in [6.07, 6.45) is 0. The summed E-state index contributed by atoms with van der Waals surface area (Å²) in [5.41, 5.74) is -0.127. The Morgan fingerprint density at radius 1 is 1.27 bits per heavy atom. The lowest BCUT2D eigenvalue weighted by Crippen LogP contribution is -2.37. The number of aliphatic hydroxyl groups is 1. The van der Waals surface area contributed by atoms with Crippen LogP contribution in [-0.2, 0) is 0 Å². The Labute approximate surface area is 69.3 Å². The number of aliphatic hydroxyl groups excluding tert-OH is 1. The minimum absolute atomic E-state index is 0.127. The van der Waals surface area contributed by atoms with Gasteiger partial charge in [-0.25, -0.2) is 0 Å². The molecule has 1 aromatic rings. The summed E-state index contributed by atoms with van der Waals surface area (Å²) in [6.45, 7) is 4.05. The average Bonchev–Trinajstić information content (AvgIpc) is 2.05. The fourth-order valence-electron chi connectivity index (χ4n) is 1.04. The van der Waals surface area contributed by atoms with E-state index in [2.05, 4.69) is 18.7 Å². The van der Waals surface area contributed by atoms with Crippen molar-refractivity contribution in [2.24, 2.45) is 0 Å². The monoisotopic (exact) mass is 166 g/mol. The fraction of sp³-hybridized carbons (Fsp3) is 0.333. The topological polar surface area (TPSA) is 20.2 Å². The molecule has 2 heteroatoms. The molecule has 0 aliphatic heterocycles. The molecule has 1 rings (SSSR count). The first-order valence-corrected chi connectivity index (χ1v) is 6.34. The number of hydrogen-bond acceptors (Lipinski definition) is 1. The molecular weight excluding hydrogens is 152 g/mol. The summed E-state index contributed by atoms with van der Waals surface area (Å²) in [4.78, 5) is 0. The van der Waals surface area contributed by atoms with Crippen LogP contribution in [0.1, 0.15) is 6.92 Å². The van der Waals surface area contributed by atoms with Gasteiger partial charge in [-0.1, -0.05) is 42.1 Å². The maximum absolute atomic E-state index is 9.34. The van der Waals surface area contributed by atoms with Gasteiger partial charge in [0.25, 0.3) is 0 Å². The summed E-state index contributed by atoms with van der Waals surface area (Å²) in [5, 5.41) is 10.7. The first-order valence-electron chi connectivity index (χ1n) is 3.95. The normalized spacial score (nSPS) is 15.9. The third kappa shape index (κ3) is 2.17. The van der Waals surface area contributed by atoms with E-state index in [1.807, 2.05) is 25.1 Å². The third-order valence-corrected chi connectivity index (χ3v) is 4.93. The van der Waals surface area contributed by atoms with E-state index in [1.54, 1.807) is 0 Å². The molecule has 1 N–H and O–H groups in total. The van der Waals surface area contributed by atoms with Crippen LogP contribution in [0, 0.1) is 0 Å². The minimum Gasteiger partial charge on any atom is -0.397 e. The molecule has 0 aromatic heterocycles. The van der Waals surface area contributed by atoms with Crippen molar-refractivity contribution < 1.29 is 5.11 Å². The molecule has 60 valence electrons. The fourth-order valence-corrected chi connectivity index (χ4v) is 2.42. The smallest absolute Gasteiger partial charge is 0.100 e. The number of benzene rings is 1. The lowest BCUT2D eigenvalue weighted by Gasteiger charge is -2.12. The van der Waals surface area contributed by atoms with Gasteiger partial charge in [-0.05, 0) is 6.92 Å². The van der Waals surface area contributed by atoms with E-state index in [0.29, 0.717) is 0 Å². The Morgan fingerprint density at radius 3 is 2.27 bits per heavy atom. The summed E-state index contributed by atoms with van der Waals surface area (Å²) in [7, 11) is -1.08. The molecule has 0 unspecified atom stereocenters. The second-order valence-electron chi connectivity index (χ2n) is 2.94. The first kappa shape index (κ1) is 8.49. The summed E-state index contributed by atoms with van der Waals surface area (Å²) >= 11 is 0. The van der Waals surface area contributed by atoms with Crippen molar-refractivity contribution in [1.29, 1.82) is 0 Å². The molecule has 0 aliphatic rings. The van der Waals surface area contributed by atoms with Gasteiger partial charge in [0, 0.05) is 5.73 Å². The van der Waals surface area contributed by atoms with Crippen molar-refractivity contribution in [3.63, 3.8) is 0 Å². The van der Waals surface area contributed by atoms with Crippen LogP contribution in [0.3, 0.4) is 0 Å². The second-order valence-corrected chi connectivity index (χ2v) is 6.15. The molecule has 11 heavy (non-hydrogen) atoms. The zero-order valence-electron chi connectivity index (χ0n) is 6.99. The van der Waals surface area contributed by atoms with Crippen LogP contribution in [0.4, 0.5) is 0 Å². The van der Waals surface area contributed by atoms with Crippen molar-refractivity contribution in [1.82, 2.24) is 0 Å². The highest BCUT2D eigenvalue weighted by Crippen LogP contribution is 1.92. The molecule has 0 saturated heterocycles. The molecule has 0 heterocycles. The average molecular weight is 166 g/mol. The molecule has 1 aromatic carbocycles. The molecule has 0 fully saturated rings. The summed E-state index contributed by atoms with van der Waals surface area (Å²) in [6, 6.07) is 10.3. The lowest BCUT2D eigenvalue weighted by atomic mass is 10.4. The van der Waals surface area contributed by atoms with Crippen LogP contribution in [-0.4, -0.2) is 19.6 Å². The predicted molar refractivity (Wildman–Crippen MR) is 50.8 cm³/mol. The predicted octanol–water partition coefficient (Wildman–Crippen LogP) is 0.671. The molecule has 1 nitrogen and oxygen atoms in total. The van der Waals surface area contributed by atoms with E-state index < -0.39 is 8.80 Å². The van der Waals surface area contributed by atoms with Gasteiger partial charge >= 0.3 is 0 Å². The minimum atomic E-state index is -1.08. The van der Waals surface area contributed by atoms with Crippen molar-refractivity contribution in [2.45, 2.75) is 19.2 Å². The van der Waals surface area contributed by atoms with Crippen LogP contribution in [0.15, 0.2) is 30.3 Å². The van der Waals surface area contributed by atoms with Gasteiger partial charge in [-0.15, -0.1) is 0 Å². The molecule has 2 atom stereocenters. The van der Waals surface area contributed by atoms with Crippen molar-refractivity contribution in [3.8, 4) is 0 Å². The van der Waals surface area contributed by atoms with Gasteiger partial charge in [0.15, 0.2) is 0 Å². The van der Waals surface area contributed by atoms with Crippen LogP contribution in [0.25, 0.3) is 0 Å². The largest absolute Gasteiger partial charge is 0.397 e. The Balaban J connectivity index is 2.77. The number of hydrogen-bond donors (Lipinski definition) is 1. The Bertz CT molecular complexity index is 208. The van der Waals surface area contributed by atoms with E-state index in [-0.39, 0.29) is 5.73 Å². The molecular formula is C9H14OSi. The van der Waals surface area contributed by atoms with Gasteiger partial charge in [0.05, 0.1) is 0 Å². The van der Waals surface area contributed by atoms with Crippen molar-refractivity contribution >= 4 is 14.0 Å². The summed E-state index contributed by atoms with van der Waals surface area (Å²) < 4.78 is 0. The maximum atomic E-state index is 9.34. The van der Waals surface area contributed by atoms with E-state index in [4.69, 9.17) is 0 Å². The zero-order valence-corrected chi connectivity index (χ0v) is 8.14. The van der Waals surface area contributed by atoms with Gasteiger partial charge in [0.1, 0.15) is 8.80 Å². The van der Waals surface area contributed by atoms with Gasteiger partial charge in [0.2, 0.25) is 0 Å². The van der Waals surface area contributed by atoms with Gasteiger partial charge in [-0.2, -0.15) is 0 Å². The van der Waals surface area contributed by atoms with E-state index in [1.165, 1.54) is 5.19 Å². The molecule has 0 bridgehead atoms. The third-order valence-electron chi connectivity index (χ3n) is 2.05. The highest BCUT2D eigenvalue weighted by atomic mass is 28.3. The standard InChI is InChI=1S/C9H14OSi/c1-8(10)11(2)9-6-4-3-5-7-9/h3-8,10-11H,1-2H3/t8-,11+/m0/s1. The van der Waals surface area contributed by atoms with E-state index in [0.717, 1.165) is 0 Å². The lowest BCUT2D eigenvalue weighted by molar-refractivity contribution is 0.270. The van der Waals surface area contributed by atoms with Crippen LogP contribution >= 0.6 is 0 Å². The Kier molecular flexibility index (Phi) is 2.85. The highest BCUT2D eigenvalue weighted by molar-refractivity contribution is 6.73. The first-order chi connectivity index (χ1) is 5.22. The van der Waals surface area contributed by atoms with Crippen LogP contribution in [0.5, 0.6) is 0 Å². The second kappa shape index (κ2) is 3.69. The van der Waals surface area contributed by atoms with Crippen LogP contribution in [0.2, 0.25) is 6.55 Å². The van der Waals surface area contributed by atoms with Crippen molar-refractivity contribution in [2.75, 3.05) is 0 Å². The Morgan fingerprint density at radius 2 is 1.82 bits per heavy atom. The Hall–Kier alpha value is -0.603. The SMILES string of the molecule is C[C@@H](O)[Si@@H](C)c1ccccc1. The molecule has 0 saturated carbocycles. The number of rotatable bonds is 2. The molecule has 0 amide bonds. The van der Waals surface area contributed by atoms with Crippen LogP contribution < -0.4 is 5.19 Å². The van der Waals surface area contributed by atoms with E-state index in [9.17, 15) is 5.11 Å². The van der Waals surface area contributed by atoms with Gasteiger partial charge in [-0.3, -0.25) is 0 Å². The van der Waals surface area contributed by atoms with Crippen molar-refractivity contribution in [3.05, 3.63) is 30.3 Å². The highest BCUT2D eigenvalue weighted by Gasteiger charge is 2.11.